The van der Waals surface area contributed by atoms with E-state index in [0.717, 1.165) is 0 Å². The highest BCUT2D eigenvalue weighted by Crippen LogP contribution is 2.11. The van der Waals surface area contributed by atoms with Crippen LogP contribution in [0.15, 0.2) is 31.0 Å². The van der Waals surface area contributed by atoms with Crippen molar-refractivity contribution in [3.05, 3.63) is 36.7 Å². The van der Waals surface area contributed by atoms with Crippen LogP contribution < -0.4 is 11.1 Å². The van der Waals surface area contributed by atoms with E-state index >= 15 is 0 Å². The summed E-state index contributed by atoms with van der Waals surface area (Å²) in [5.41, 5.74) is 5.63. The van der Waals surface area contributed by atoms with E-state index in [4.69, 9.17) is 10.8 Å². The Bertz CT molecular complexity index is 445. The number of anilines is 1. The predicted molar refractivity (Wildman–Crippen MR) is 62.6 cm³/mol. The lowest BCUT2D eigenvalue weighted by molar-refractivity contribution is -0.137. The van der Waals surface area contributed by atoms with Crippen molar-refractivity contribution in [2.24, 2.45) is 5.73 Å². The molecular formula is C11H13N3O3. The van der Waals surface area contributed by atoms with Crippen LogP contribution in [-0.2, 0) is 4.79 Å². The summed E-state index contributed by atoms with van der Waals surface area (Å²) >= 11 is 0. The molecule has 0 aliphatic carbocycles. The molecule has 0 bridgehead atoms. The van der Waals surface area contributed by atoms with Gasteiger partial charge < -0.3 is 16.2 Å². The Balaban J connectivity index is 2.85. The Morgan fingerprint density at radius 1 is 1.65 bits per heavy atom. The van der Waals surface area contributed by atoms with Gasteiger partial charge in [-0.05, 0) is 18.6 Å². The summed E-state index contributed by atoms with van der Waals surface area (Å²) in [5.74, 6) is -1.66. The number of pyridine rings is 1. The van der Waals surface area contributed by atoms with Gasteiger partial charge in [0, 0.05) is 11.9 Å². The molecule has 6 nitrogen and oxygen atoms in total. The second kappa shape index (κ2) is 5.64. The van der Waals surface area contributed by atoms with Crippen molar-refractivity contribution in [2.45, 2.75) is 12.5 Å². The first-order valence-electron chi connectivity index (χ1n) is 4.90. The molecule has 0 saturated carbocycles. The van der Waals surface area contributed by atoms with Crippen molar-refractivity contribution in [3.63, 3.8) is 0 Å². The summed E-state index contributed by atoms with van der Waals surface area (Å²) < 4.78 is 0. The van der Waals surface area contributed by atoms with E-state index in [1.165, 1.54) is 18.3 Å². The third kappa shape index (κ3) is 3.60. The van der Waals surface area contributed by atoms with Gasteiger partial charge in [0.25, 0.3) is 5.91 Å². The number of nitrogens with one attached hydrogen (secondary N) is 1. The van der Waals surface area contributed by atoms with Gasteiger partial charge >= 0.3 is 5.97 Å². The van der Waals surface area contributed by atoms with Crippen LogP contribution >= 0.6 is 0 Å². The van der Waals surface area contributed by atoms with Crippen molar-refractivity contribution >= 4 is 17.6 Å². The van der Waals surface area contributed by atoms with Crippen LogP contribution in [0.3, 0.4) is 0 Å². The summed E-state index contributed by atoms with van der Waals surface area (Å²) in [6, 6.07) is 2.17. The van der Waals surface area contributed by atoms with Gasteiger partial charge in [0.1, 0.15) is 11.7 Å². The van der Waals surface area contributed by atoms with Crippen LogP contribution in [0.1, 0.15) is 16.9 Å². The first-order valence-corrected chi connectivity index (χ1v) is 4.90. The number of carbonyl (C=O) groups is 2. The van der Waals surface area contributed by atoms with Gasteiger partial charge in [0.05, 0.1) is 0 Å². The molecule has 0 aliphatic heterocycles. The molecule has 17 heavy (non-hydrogen) atoms. The van der Waals surface area contributed by atoms with E-state index in [0.29, 0.717) is 5.69 Å². The molecule has 1 heterocycles. The van der Waals surface area contributed by atoms with Gasteiger partial charge in [-0.1, -0.05) is 6.08 Å². The second-order valence-electron chi connectivity index (χ2n) is 3.35. The Labute approximate surface area is 98.2 Å². The zero-order valence-electron chi connectivity index (χ0n) is 9.09. The zero-order chi connectivity index (χ0) is 12.8. The summed E-state index contributed by atoms with van der Waals surface area (Å²) in [7, 11) is 0. The lowest BCUT2D eigenvalue weighted by atomic mass is 10.2. The van der Waals surface area contributed by atoms with E-state index in [2.05, 4.69) is 16.9 Å². The number of nitrogens with two attached hydrogens (primary N) is 1. The molecule has 90 valence electrons. The van der Waals surface area contributed by atoms with Crippen molar-refractivity contribution in [3.8, 4) is 0 Å². The maximum atomic E-state index is 10.9. The molecule has 0 aliphatic rings. The maximum absolute atomic E-state index is 10.9. The minimum absolute atomic E-state index is 0.0812. The van der Waals surface area contributed by atoms with E-state index < -0.39 is 17.9 Å². The van der Waals surface area contributed by atoms with Crippen LogP contribution in [0.25, 0.3) is 0 Å². The Kier molecular flexibility index (Phi) is 4.21. The number of carboxylic acid groups (broad SMARTS) is 1. The van der Waals surface area contributed by atoms with Crippen molar-refractivity contribution in [2.75, 3.05) is 5.32 Å². The molecular weight excluding hydrogens is 222 g/mol. The first-order chi connectivity index (χ1) is 8.04. The number of primary amides is 1. The number of aliphatic carboxylic acids is 1. The molecule has 1 unspecified atom stereocenters. The van der Waals surface area contributed by atoms with E-state index in [-0.39, 0.29) is 12.1 Å². The van der Waals surface area contributed by atoms with Crippen LogP contribution in [0, 0.1) is 0 Å². The molecule has 1 aromatic rings. The van der Waals surface area contributed by atoms with E-state index in [1.807, 2.05) is 0 Å². The van der Waals surface area contributed by atoms with E-state index in [9.17, 15) is 9.59 Å². The van der Waals surface area contributed by atoms with Gasteiger partial charge in [0.2, 0.25) is 0 Å². The Morgan fingerprint density at radius 3 is 2.88 bits per heavy atom. The van der Waals surface area contributed by atoms with Crippen molar-refractivity contribution in [1.29, 1.82) is 0 Å². The third-order valence-corrected chi connectivity index (χ3v) is 2.05. The largest absolute Gasteiger partial charge is 0.480 e. The van der Waals surface area contributed by atoms with Gasteiger partial charge in [-0.15, -0.1) is 6.58 Å². The topological polar surface area (TPSA) is 105 Å². The third-order valence-electron chi connectivity index (χ3n) is 2.05. The van der Waals surface area contributed by atoms with Crippen LogP contribution in [0.5, 0.6) is 0 Å². The zero-order valence-corrected chi connectivity index (χ0v) is 9.09. The fourth-order valence-electron chi connectivity index (χ4n) is 1.24. The molecule has 1 aromatic heterocycles. The normalized spacial score (nSPS) is 11.5. The monoisotopic (exact) mass is 235 g/mol. The van der Waals surface area contributed by atoms with Crippen molar-refractivity contribution in [1.82, 2.24) is 4.98 Å². The number of carbonyl (C=O) groups excluding carboxylic acids is 1. The number of hydrogen-bond acceptors (Lipinski definition) is 4. The lowest BCUT2D eigenvalue weighted by Gasteiger charge is -2.13. The number of nitrogens with zero attached hydrogens (tertiary/aromatic N) is 1. The standard InChI is InChI=1S/C11H13N3O3/c1-2-3-8(11(16)17)14-7-4-5-13-9(6-7)10(12)15/h2,4-6,8H,1,3H2,(H2,12,15)(H,13,14)(H,16,17). The second-order valence-corrected chi connectivity index (χ2v) is 3.35. The quantitative estimate of drug-likeness (QED) is 0.627. The Hall–Kier alpha value is -2.37. The summed E-state index contributed by atoms with van der Waals surface area (Å²) in [6.07, 6.45) is 3.15. The highest BCUT2D eigenvalue weighted by molar-refractivity contribution is 5.91. The first kappa shape index (κ1) is 12.7. The van der Waals surface area contributed by atoms with Gasteiger partial charge in [-0.3, -0.25) is 9.78 Å². The molecule has 0 radical (unpaired) electrons. The minimum Gasteiger partial charge on any atom is -0.480 e. The number of amides is 1. The average Bonchev–Trinajstić information content (AvgIpc) is 2.28. The minimum atomic E-state index is -0.998. The highest BCUT2D eigenvalue weighted by atomic mass is 16.4. The molecule has 4 N–H and O–H groups in total. The molecule has 1 amide bonds. The molecule has 0 aromatic carbocycles. The summed E-state index contributed by atoms with van der Waals surface area (Å²) in [6.45, 7) is 3.48. The maximum Gasteiger partial charge on any atom is 0.326 e. The molecule has 0 saturated heterocycles. The lowest BCUT2D eigenvalue weighted by Crippen LogP contribution is -2.28. The Morgan fingerprint density at radius 2 is 2.35 bits per heavy atom. The van der Waals surface area contributed by atoms with Gasteiger partial charge in [-0.25, -0.2) is 4.79 Å². The smallest absolute Gasteiger partial charge is 0.326 e. The molecule has 6 heteroatoms. The fourth-order valence-corrected chi connectivity index (χ4v) is 1.24. The SMILES string of the molecule is C=CCC(Nc1ccnc(C(N)=O)c1)C(=O)O. The van der Waals surface area contributed by atoms with Gasteiger partial charge in [-0.2, -0.15) is 0 Å². The van der Waals surface area contributed by atoms with Crippen molar-refractivity contribution < 1.29 is 14.7 Å². The van der Waals surface area contributed by atoms with Crippen LogP contribution in [-0.4, -0.2) is 28.0 Å². The van der Waals surface area contributed by atoms with Crippen LogP contribution in [0.2, 0.25) is 0 Å². The number of carboxylic acids is 1. The fraction of sp³-hybridized carbons (Fsp3) is 0.182. The number of rotatable bonds is 6. The molecule has 1 atom stereocenters. The average molecular weight is 235 g/mol. The highest BCUT2D eigenvalue weighted by Gasteiger charge is 2.15. The van der Waals surface area contributed by atoms with Crippen LogP contribution in [0.4, 0.5) is 5.69 Å². The molecule has 1 rings (SSSR count). The van der Waals surface area contributed by atoms with Gasteiger partial charge in [0.15, 0.2) is 0 Å². The molecule has 0 spiro atoms. The summed E-state index contributed by atoms with van der Waals surface area (Å²) in [5, 5.41) is 11.7. The van der Waals surface area contributed by atoms with E-state index in [1.54, 1.807) is 6.07 Å². The predicted octanol–water partition coefficient (Wildman–Crippen LogP) is 0.622. The number of hydrogen-bond donors (Lipinski definition) is 3. The summed E-state index contributed by atoms with van der Waals surface area (Å²) in [4.78, 5) is 25.5. The number of aromatic nitrogens is 1. The molecule has 0 fully saturated rings.